The molecule has 4 aromatic carbocycles. The Morgan fingerprint density at radius 2 is 0.786 bits per heavy atom. The van der Waals surface area contributed by atoms with Crippen molar-refractivity contribution >= 4 is 32.9 Å². The first-order chi connectivity index (χ1) is 20.4. The normalized spacial score (nSPS) is 41.2. The predicted molar refractivity (Wildman–Crippen MR) is 174 cm³/mol. The van der Waals surface area contributed by atoms with E-state index >= 15 is 0 Å². The lowest BCUT2D eigenvalue weighted by Gasteiger charge is -2.74. The van der Waals surface area contributed by atoms with Crippen molar-refractivity contribution in [3.63, 3.8) is 0 Å². The van der Waals surface area contributed by atoms with Crippen molar-refractivity contribution in [3.05, 3.63) is 83.9 Å². The van der Waals surface area contributed by atoms with Crippen LogP contribution in [0.4, 0.5) is 11.4 Å². The molecule has 0 aromatic heterocycles. The Bertz CT molecular complexity index is 1620. The SMILES string of the molecule is Nc1ccc(C23CC4CC(C2)CC(C25CC6CC(CC(c7ccc(N)c8ccccc78)(C6)C2)C5)(C4)C3)c2ccccc12. The first-order valence-corrected chi connectivity index (χ1v) is 16.9. The van der Waals surface area contributed by atoms with Gasteiger partial charge in [-0.05, 0) is 156 Å². The van der Waals surface area contributed by atoms with E-state index in [4.69, 9.17) is 11.5 Å². The van der Waals surface area contributed by atoms with E-state index < -0.39 is 0 Å². The van der Waals surface area contributed by atoms with Crippen molar-refractivity contribution in [1.82, 2.24) is 0 Å². The van der Waals surface area contributed by atoms with E-state index in [0.29, 0.717) is 21.7 Å². The number of hydrogen-bond donors (Lipinski definition) is 2. The average molecular weight is 553 g/mol. The highest BCUT2D eigenvalue weighted by atomic mass is 14.7. The minimum Gasteiger partial charge on any atom is -0.398 e. The van der Waals surface area contributed by atoms with Crippen LogP contribution in [0.15, 0.2) is 72.8 Å². The molecule has 2 heteroatoms. The Morgan fingerprint density at radius 1 is 0.429 bits per heavy atom. The van der Waals surface area contributed by atoms with E-state index in [9.17, 15) is 0 Å². The van der Waals surface area contributed by atoms with Crippen molar-refractivity contribution < 1.29 is 0 Å². The van der Waals surface area contributed by atoms with E-state index in [-0.39, 0.29) is 0 Å². The predicted octanol–water partition coefficient (Wildman–Crippen LogP) is 9.53. The summed E-state index contributed by atoms with van der Waals surface area (Å²) < 4.78 is 0. The summed E-state index contributed by atoms with van der Waals surface area (Å²) in [4.78, 5) is 0. The van der Waals surface area contributed by atoms with Gasteiger partial charge in [-0.3, -0.25) is 0 Å². The topological polar surface area (TPSA) is 52.0 Å². The van der Waals surface area contributed by atoms with Crippen LogP contribution in [0.1, 0.15) is 88.2 Å². The van der Waals surface area contributed by atoms with Gasteiger partial charge in [-0.15, -0.1) is 0 Å². The smallest absolute Gasteiger partial charge is 0.0393 e. The van der Waals surface area contributed by atoms with Gasteiger partial charge in [0.05, 0.1) is 0 Å². The first-order valence-electron chi connectivity index (χ1n) is 16.9. The molecular weight excluding hydrogens is 508 g/mol. The average Bonchev–Trinajstić information content (AvgIpc) is 2.96. The zero-order valence-electron chi connectivity index (χ0n) is 24.9. The maximum atomic E-state index is 6.56. The molecule has 8 saturated carbocycles. The van der Waals surface area contributed by atoms with Crippen LogP contribution in [0.3, 0.4) is 0 Å². The van der Waals surface area contributed by atoms with Crippen LogP contribution in [-0.4, -0.2) is 0 Å². The molecule has 4 unspecified atom stereocenters. The van der Waals surface area contributed by atoms with Crippen molar-refractivity contribution in [1.29, 1.82) is 0 Å². The highest BCUT2D eigenvalue weighted by molar-refractivity contribution is 5.96. The highest BCUT2D eigenvalue weighted by Crippen LogP contribution is 2.79. The fourth-order valence-corrected chi connectivity index (χ4v) is 14.0. The molecule has 0 amide bonds. The van der Waals surface area contributed by atoms with Gasteiger partial charge in [-0.2, -0.15) is 0 Å². The van der Waals surface area contributed by atoms with Crippen molar-refractivity contribution in [2.75, 3.05) is 11.5 Å². The summed E-state index contributed by atoms with van der Waals surface area (Å²) in [7, 11) is 0. The highest BCUT2D eigenvalue weighted by Gasteiger charge is 2.70. The molecule has 8 fully saturated rings. The van der Waals surface area contributed by atoms with Gasteiger partial charge in [-0.25, -0.2) is 0 Å². The van der Waals surface area contributed by atoms with Gasteiger partial charge in [0.15, 0.2) is 0 Å². The maximum absolute atomic E-state index is 6.56. The minimum atomic E-state index is 0.321. The van der Waals surface area contributed by atoms with Gasteiger partial charge < -0.3 is 11.5 Å². The number of anilines is 2. The molecule has 12 rings (SSSR count). The molecule has 42 heavy (non-hydrogen) atoms. The van der Waals surface area contributed by atoms with Crippen LogP contribution in [-0.2, 0) is 10.8 Å². The van der Waals surface area contributed by atoms with Gasteiger partial charge in [0.2, 0.25) is 0 Å². The summed E-state index contributed by atoms with van der Waals surface area (Å²) in [6, 6.07) is 27.4. The Morgan fingerprint density at radius 3 is 1.17 bits per heavy atom. The molecule has 8 aliphatic rings. The number of rotatable bonds is 3. The Labute approximate surface area is 250 Å². The number of benzene rings is 4. The Hall–Kier alpha value is -3.00. The van der Waals surface area contributed by atoms with Gasteiger partial charge in [0.1, 0.15) is 0 Å². The van der Waals surface area contributed by atoms with Gasteiger partial charge >= 0.3 is 0 Å². The van der Waals surface area contributed by atoms with Crippen LogP contribution in [0.2, 0.25) is 0 Å². The summed E-state index contributed by atoms with van der Waals surface area (Å²) >= 11 is 0. The van der Waals surface area contributed by atoms with Crippen LogP contribution in [0, 0.1) is 34.5 Å². The van der Waals surface area contributed by atoms with Crippen LogP contribution in [0.25, 0.3) is 21.5 Å². The monoisotopic (exact) mass is 552 g/mol. The van der Waals surface area contributed by atoms with Crippen LogP contribution < -0.4 is 11.5 Å². The second-order valence-corrected chi connectivity index (χ2v) is 16.5. The van der Waals surface area contributed by atoms with Gasteiger partial charge in [0.25, 0.3) is 0 Å². The summed E-state index contributed by atoms with van der Waals surface area (Å²) in [5, 5.41) is 5.41. The molecule has 8 bridgehead atoms. The lowest BCUT2D eigenvalue weighted by atomic mass is 9.30. The fraction of sp³-hybridized carbons (Fsp3) is 0.500. The lowest BCUT2D eigenvalue weighted by molar-refractivity contribution is -0.211. The standard InChI is InChI=1S/C40H44N2/c41-35-11-9-33(29-5-1-3-7-31(29)35)37-15-25-13-26(16-37)20-39(19-25,23-37)40-21-27-14-28(22-40)18-38(17-27,24-40)34-10-12-36(42)32-8-4-2-6-30(32)34/h1-12,25-28H,13-24,41-42H2. The minimum absolute atomic E-state index is 0.321. The van der Waals surface area contributed by atoms with E-state index in [1.54, 1.807) is 11.1 Å². The van der Waals surface area contributed by atoms with E-state index in [1.165, 1.54) is 98.6 Å². The number of nitrogens with two attached hydrogens (primary N) is 2. The molecule has 0 radical (unpaired) electrons. The fourth-order valence-electron chi connectivity index (χ4n) is 14.0. The van der Waals surface area contributed by atoms with Gasteiger partial charge in [0, 0.05) is 22.1 Å². The van der Waals surface area contributed by atoms with E-state index in [0.717, 1.165) is 35.0 Å². The van der Waals surface area contributed by atoms with Crippen LogP contribution >= 0.6 is 0 Å². The quantitative estimate of drug-likeness (QED) is 0.249. The molecule has 2 nitrogen and oxygen atoms in total. The third kappa shape index (κ3) is 3.02. The summed E-state index contributed by atoms with van der Waals surface area (Å²) in [6.45, 7) is 0. The zero-order valence-corrected chi connectivity index (χ0v) is 24.9. The number of fused-ring (bicyclic) bond motifs is 2. The first kappa shape index (κ1) is 24.4. The van der Waals surface area contributed by atoms with Gasteiger partial charge in [-0.1, -0.05) is 60.7 Å². The molecule has 4 aromatic rings. The summed E-state index contributed by atoms with van der Waals surface area (Å²) in [5.74, 6) is 3.57. The molecule has 0 spiro atoms. The molecule has 4 N–H and O–H groups in total. The molecule has 0 saturated heterocycles. The van der Waals surface area contributed by atoms with Crippen molar-refractivity contribution in [2.24, 2.45) is 34.5 Å². The van der Waals surface area contributed by atoms with E-state index in [1.807, 2.05) is 0 Å². The third-order valence-corrected chi connectivity index (χ3v) is 14.3. The van der Waals surface area contributed by atoms with Crippen molar-refractivity contribution in [2.45, 2.75) is 87.9 Å². The Balaban J connectivity index is 1.13. The summed E-state index contributed by atoms with van der Waals surface area (Å²) in [6.07, 6.45) is 17.4. The van der Waals surface area contributed by atoms with Crippen LogP contribution in [0.5, 0.6) is 0 Å². The Kier molecular flexibility index (Phi) is 4.61. The van der Waals surface area contributed by atoms with Crippen molar-refractivity contribution in [3.8, 4) is 0 Å². The molecule has 214 valence electrons. The lowest BCUT2D eigenvalue weighted by Crippen LogP contribution is -2.66. The maximum Gasteiger partial charge on any atom is 0.0393 e. The summed E-state index contributed by atoms with van der Waals surface area (Å²) in [5.41, 5.74) is 19.9. The largest absolute Gasteiger partial charge is 0.398 e. The molecular formula is C40H44N2. The zero-order chi connectivity index (χ0) is 27.9. The number of nitrogen functional groups attached to an aromatic ring is 2. The molecule has 0 aliphatic heterocycles. The van der Waals surface area contributed by atoms with E-state index in [2.05, 4.69) is 72.8 Å². The third-order valence-electron chi connectivity index (χ3n) is 14.3. The second kappa shape index (κ2) is 7.93. The molecule has 4 atom stereocenters. The number of hydrogen-bond acceptors (Lipinski definition) is 2. The second-order valence-electron chi connectivity index (χ2n) is 16.5. The molecule has 0 heterocycles. The molecule has 8 aliphatic carbocycles.